The number of carbonyl (C=O) groups excluding carboxylic acids is 1. The third kappa shape index (κ3) is 2.64. The van der Waals surface area contributed by atoms with E-state index in [2.05, 4.69) is 14.8 Å². The quantitative estimate of drug-likeness (QED) is 0.719. The van der Waals surface area contributed by atoms with Crippen molar-refractivity contribution >= 4 is 16.8 Å². The monoisotopic (exact) mass is 389 g/mol. The van der Waals surface area contributed by atoms with E-state index in [1.54, 1.807) is 12.1 Å². The summed E-state index contributed by atoms with van der Waals surface area (Å²) in [6.45, 7) is 2.91. The summed E-state index contributed by atoms with van der Waals surface area (Å²) < 4.78 is 13.5. The standard InChI is InChI=1S/C24H24FN3O/c25-18-7-5-15(6-8-18)19-14-28(22-16-9-11-27(12-10-16)23(19)22)24(29)21-13-17-3-1-2-4-20(17)26-21/h1-8,13,16,19,22-23,26H,9-12,14H2/t19-,22+,23+/m0/s1. The number of nitrogens with one attached hydrogen (secondary N) is 1. The number of amides is 1. The van der Waals surface area contributed by atoms with E-state index in [4.69, 9.17) is 0 Å². The predicted molar refractivity (Wildman–Crippen MR) is 110 cm³/mol. The maximum atomic E-state index is 13.6. The third-order valence-corrected chi connectivity index (χ3v) is 7.31. The van der Waals surface area contributed by atoms with Crippen molar-refractivity contribution in [1.82, 2.24) is 14.8 Å². The Labute approximate surface area is 169 Å². The zero-order valence-electron chi connectivity index (χ0n) is 16.2. The number of carbonyl (C=O) groups is 1. The molecule has 4 aliphatic rings. The van der Waals surface area contributed by atoms with Crippen LogP contribution in [0.4, 0.5) is 4.39 Å². The molecule has 3 atom stereocenters. The Kier molecular flexibility index (Phi) is 3.81. The van der Waals surface area contributed by atoms with Crippen molar-refractivity contribution < 1.29 is 9.18 Å². The summed E-state index contributed by atoms with van der Waals surface area (Å²) in [6.07, 6.45) is 2.32. The fourth-order valence-corrected chi connectivity index (χ4v) is 6.00. The molecule has 4 aliphatic heterocycles. The number of fused-ring (bicyclic) bond motifs is 3. The number of aromatic nitrogens is 1. The molecule has 5 heteroatoms. The topological polar surface area (TPSA) is 39.3 Å². The Morgan fingerprint density at radius 3 is 2.52 bits per heavy atom. The van der Waals surface area contributed by atoms with Crippen molar-refractivity contribution in [3.63, 3.8) is 0 Å². The van der Waals surface area contributed by atoms with E-state index in [9.17, 15) is 9.18 Å². The predicted octanol–water partition coefficient (Wildman–Crippen LogP) is 4.01. The van der Waals surface area contributed by atoms with Gasteiger partial charge in [0.05, 0.1) is 6.04 Å². The Hall–Kier alpha value is -2.66. The molecule has 0 aliphatic carbocycles. The molecular formula is C24H24FN3O. The molecular weight excluding hydrogens is 365 g/mol. The number of aromatic amines is 1. The normalized spacial score (nSPS) is 30.7. The molecule has 3 aromatic rings. The third-order valence-electron chi connectivity index (χ3n) is 7.31. The first-order valence-electron chi connectivity index (χ1n) is 10.6. The zero-order chi connectivity index (χ0) is 19.5. The lowest BCUT2D eigenvalue weighted by Crippen LogP contribution is -2.60. The van der Waals surface area contributed by atoms with Crippen LogP contribution in [0.1, 0.15) is 34.8 Å². The van der Waals surface area contributed by atoms with Gasteiger partial charge in [-0.1, -0.05) is 30.3 Å². The van der Waals surface area contributed by atoms with Gasteiger partial charge in [-0.3, -0.25) is 9.69 Å². The van der Waals surface area contributed by atoms with Crippen LogP contribution in [-0.4, -0.2) is 52.4 Å². The number of para-hydroxylation sites is 1. The minimum Gasteiger partial charge on any atom is -0.351 e. The summed E-state index contributed by atoms with van der Waals surface area (Å²) in [5.41, 5.74) is 2.80. The molecule has 2 aromatic carbocycles. The Bertz CT molecular complexity index is 1030. The number of H-pyrrole nitrogens is 1. The first-order valence-corrected chi connectivity index (χ1v) is 10.6. The number of rotatable bonds is 2. The van der Waals surface area contributed by atoms with Gasteiger partial charge in [0.2, 0.25) is 0 Å². The maximum Gasteiger partial charge on any atom is 0.270 e. The number of likely N-dealkylation sites (tertiary alicyclic amines) is 1. The number of benzene rings is 2. The zero-order valence-corrected chi connectivity index (χ0v) is 16.2. The van der Waals surface area contributed by atoms with E-state index >= 15 is 0 Å². The molecule has 0 spiro atoms. The summed E-state index contributed by atoms with van der Waals surface area (Å²) in [7, 11) is 0. The molecule has 148 valence electrons. The number of hydrogen-bond acceptors (Lipinski definition) is 2. The van der Waals surface area contributed by atoms with Crippen LogP contribution in [-0.2, 0) is 0 Å². The molecule has 29 heavy (non-hydrogen) atoms. The fourth-order valence-electron chi connectivity index (χ4n) is 6.00. The average Bonchev–Trinajstić information content (AvgIpc) is 3.38. The van der Waals surface area contributed by atoms with Crippen molar-refractivity contribution in [3.05, 3.63) is 71.7 Å². The maximum absolute atomic E-state index is 13.6. The van der Waals surface area contributed by atoms with Crippen LogP contribution in [0.15, 0.2) is 54.6 Å². The van der Waals surface area contributed by atoms with Gasteiger partial charge in [-0.2, -0.15) is 0 Å². The first kappa shape index (κ1) is 17.2. The summed E-state index contributed by atoms with van der Waals surface area (Å²) in [6, 6.07) is 17.5. The molecule has 7 rings (SSSR count). The highest BCUT2D eigenvalue weighted by Crippen LogP contribution is 2.47. The van der Waals surface area contributed by atoms with Gasteiger partial charge < -0.3 is 9.88 Å². The van der Waals surface area contributed by atoms with Gasteiger partial charge in [0, 0.05) is 29.4 Å². The molecule has 1 N–H and O–H groups in total. The summed E-state index contributed by atoms with van der Waals surface area (Å²) in [5.74, 6) is 0.676. The molecule has 4 fully saturated rings. The van der Waals surface area contributed by atoms with E-state index in [0.717, 1.165) is 42.4 Å². The highest BCUT2D eigenvalue weighted by Gasteiger charge is 2.54. The van der Waals surface area contributed by atoms with E-state index in [-0.39, 0.29) is 23.7 Å². The van der Waals surface area contributed by atoms with Gasteiger partial charge in [-0.15, -0.1) is 0 Å². The van der Waals surface area contributed by atoms with Crippen LogP contribution >= 0.6 is 0 Å². The van der Waals surface area contributed by atoms with Gasteiger partial charge in [0.1, 0.15) is 11.5 Å². The lowest BCUT2D eigenvalue weighted by atomic mass is 9.75. The van der Waals surface area contributed by atoms with Crippen LogP contribution < -0.4 is 0 Å². The molecule has 2 bridgehead atoms. The van der Waals surface area contributed by atoms with Crippen LogP contribution in [0.5, 0.6) is 0 Å². The van der Waals surface area contributed by atoms with Gasteiger partial charge in [0.15, 0.2) is 0 Å². The summed E-state index contributed by atoms with van der Waals surface area (Å²) in [5, 5.41) is 1.07. The molecule has 0 saturated carbocycles. The molecule has 4 saturated heterocycles. The van der Waals surface area contributed by atoms with Gasteiger partial charge in [-0.05, 0) is 61.7 Å². The van der Waals surface area contributed by atoms with E-state index < -0.39 is 0 Å². The minimum atomic E-state index is -0.209. The first-order chi connectivity index (χ1) is 14.2. The Balaban J connectivity index is 1.39. The number of nitrogens with zero attached hydrogens (tertiary/aromatic N) is 2. The highest BCUT2D eigenvalue weighted by atomic mass is 19.1. The summed E-state index contributed by atoms with van der Waals surface area (Å²) >= 11 is 0. The van der Waals surface area contributed by atoms with E-state index in [1.807, 2.05) is 42.5 Å². The molecule has 4 nitrogen and oxygen atoms in total. The second-order valence-corrected chi connectivity index (χ2v) is 8.74. The number of piperidine rings is 3. The Morgan fingerprint density at radius 1 is 1.00 bits per heavy atom. The van der Waals surface area contributed by atoms with Crippen molar-refractivity contribution in [2.24, 2.45) is 5.92 Å². The van der Waals surface area contributed by atoms with Gasteiger partial charge in [0.25, 0.3) is 5.91 Å². The minimum absolute atomic E-state index is 0.0922. The Morgan fingerprint density at radius 2 is 1.76 bits per heavy atom. The van der Waals surface area contributed by atoms with Crippen molar-refractivity contribution in [1.29, 1.82) is 0 Å². The largest absolute Gasteiger partial charge is 0.351 e. The van der Waals surface area contributed by atoms with Gasteiger partial charge >= 0.3 is 0 Å². The van der Waals surface area contributed by atoms with Crippen molar-refractivity contribution in [2.75, 3.05) is 19.6 Å². The smallest absolute Gasteiger partial charge is 0.270 e. The van der Waals surface area contributed by atoms with Crippen LogP contribution in [0.25, 0.3) is 10.9 Å². The van der Waals surface area contributed by atoms with E-state index in [0.29, 0.717) is 24.2 Å². The van der Waals surface area contributed by atoms with E-state index in [1.165, 1.54) is 0 Å². The molecule has 0 unspecified atom stereocenters. The highest BCUT2D eigenvalue weighted by molar-refractivity contribution is 5.98. The van der Waals surface area contributed by atoms with Crippen LogP contribution in [0.3, 0.4) is 0 Å². The number of hydrogen-bond donors (Lipinski definition) is 1. The molecule has 1 aromatic heterocycles. The average molecular weight is 389 g/mol. The van der Waals surface area contributed by atoms with Gasteiger partial charge in [-0.25, -0.2) is 4.39 Å². The SMILES string of the molecule is O=C(c1cc2ccccc2[nH]1)N1C[C@@H](c2ccc(F)cc2)[C@@H]2[C@H]1C1CCN2CC1. The second-order valence-electron chi connectivity index (χ2n) is 8.74. The fraction of sp³-hybridized carbons (Fsp3) is 0.375. The molecule has 5 heterocycles. The molecule has 0 radical (unpaired) electrons. The number of halogens is 1. The van der Waals surface area contributed by atoms with Crippen LogP contribution in [0, 0.1) is 11.7 Å². The summed E-state index contributed by atoms with van der Waals surface area (Å²) in [4.78, 5) is 21.6. The second kappa shape index (κ2) is 6.42. The van der Waals surface area contributed by atoms with Crippen molar-refractivity contribution in [2.45, 2.75) is 30.8 Å². The molecule has 1 amide bonds. The lowest BCUT2D eigenvalue weighted by Gasteiger charge is -2.51. The van der Waals surface area contributed by atoms with Crippen molar-refractivity contribution in [3.8, 4) is 0 Å². The van der Waals surface area contributed by atoms with Crippen LogP contribution in [0.2, 0.25) is 0 Å². The lowest BCUT2D eigenvalue weighted by molar-refractivity contribution is -0.00355.